The van der Waals surface area contributed by atoms with Gasteiger partial charge in [-0.1, -0.05) is 23.8 Å². The van der Waals surface area contributed by atoms with Crippen LogP contribution in [0.25, 0.3) is 0 Å². The number of allylic oxidation sites excluding steroid dienone is 6. The quantitative estimate of drug-likeness (QED) is 0.303. The molecule has 1 saturated heterocycles. The number of methoxy groups -OCH3 is 1. The van der Waals surface area contributed by atoms with Crippen LogP contribution in [0, 0.1) is 17.8 Å². The summed E-state index contributed by atoms with van der Waals surface area (Å²) in [6.45, 7) is 0. The molecule has 2 aromatic carbocycles. The van der Waals surface area contributed by atoms with Crippen molar-refractivity contribution in [3.63, 3.8) is 0 Å². The molecule has 0 spiro atoms. The van der Waals surface area contributed by atoms with Crippen LogP contribution in [0.4, 0.5) is 5.69 Å². The molecule has 9 nitrogen and oxygen atoms in total. The van der Waals surface area contributed by atoms with Gasteiger partial charge in [0.25, 0.3) is 0 Å². The van der Waals surface area contributed by atoms with E-state index < -0.39 is 41.5 Å². The van der Waals surface area contributed by atoms with Crippen molar-refractivity contribution >= 4 is 51.0 Å². The van der Waals surface area contributed by atoms with Gasteiger partial charge in [0, 0.05) is 34.8 Å². The average molecular weight is 604 g/mol. The number of ketones is 2. The van der Waals surface area contributed by atoms with Gasteiger partial charge in [0.05, 0.1) is 34.7 Å². The SMILES string of the molecule is COc1ccc(C2C3=CCC4C(=O)N(c5cccc(C(=O)O)c5)C(=O)C4C3CC3=C2C(=O)C=C(Br)C3=O)c(O)c1. The number of fused-ring (bicyclic) bond motifs is 3. The Morgan fingerprint density at radius 2 is 1.82 bits per heavy atom. The Morgan fingerprint density at radius 3 is 2.52 bits per heavy atom. The number of amides is 2. The summed E-state index contributed by atoms with van der Waals surface area (Å²) in [5, 5.41) is 20.4. The summed E-state index contributed by atoms with van der Waals surface area (Å²) in [6.07, 6.45) is 3.36. The number of carboxylic acids is 1. The Bertz CT molecular complexity index is 1650. The monoisotopic (exact) mass is 603 g/mol. The lowest BCUT2D eigenvalue weighted by atomic mass is 9.59. The fourth-order valence-electron chi connectivity index (χ4n) is 6.49. The number of ether oxygens (including phenoxy) is 1. The number of carbonyl (C=O) groups excluding carboxylic acids is 4. The fourth-order valence-corrected chi connectivity index (χ4v) is 6.94. The third kappa shape index (κ3) is 3.77. The van der Waals surface area contributed by atoms with Crippen molar-refractivity contribution in [1.29, 1.82) is 0 Å². The first-order chi connectivity index (χ1) is 19.1. The van der Waals surface area contributed by atoms with Crippen LogP contribution in [0.3, 0.4) is 0 Å². The second-order valence-electron chi connectivity index (χ2n) is 10.2. The first kappa shape index (κ1) is 25.9. The lowest BCUT2D eigenvalue weighted by Gasteiger charge is -2.42. The number of rotatable bonds is 4. The normalized spacial score (nSPS) is 25.7. The Morgan fingerprint density at radius 1 is 1.05 bits per heavy atom. The maximum Gasteiger partial charge on any atom is 0.335 e. The number of hydrogen-bond donors (Lipinski definition) is 2. The Labute approximate surface area is 236 Å². The van der Waals surface area contributed by atoms with Crippen LogP contribution in [0.5, 0.6) is 11.5 Å². The summed E-state index contributed by atoms with van der Waals surface area (Å²) in [5.41, 5.74) is 1.68. The number of Topliss-reactive ketones (excluding diaryl/α,β-unsaturated/α-hetero) is 1. The van der Waals surface area contributed by atoms with Crippen LogP contribution < -0.4 is 9.64 Å². The summed E-state index contributed by atoms with van der Waals surface area (Å²) in [5.74, 6) is -5.52. The molecule has 4 unspecified atom stereocenters. The minimum absolute atomic E-state index is 0.0581. The molecule has 202 valence electrons. The molecule has 40 heavy (non-hydrogen) atoms. The standard InChI is InChI=1S/C30H22BrNO8/c1-40-15-5-6-17(22(33)10-15)24-16-7-8-18-25(19(16)11-20-26(24)23(34)12-21(31)27(20)35)29(37)32(28(18)36)14-4-2-3-13(9-14)30(38)39/h2-7,9-10,12,18-19,24-25,33H,8,11H2,1H3,(H,38,39). The molecule has 1 heterocycles. The van der Waals surface area contributed by atoms with Crippen LogP contribution in [0.1, 0.15) is 34.7 Å². The number of benzene rings is 2. The summed E-state index contributed by atoms with van der Waals surface area (Å²) in [4.78, 5) is 66.7. The topological polar surface area (TPSA) is 138 Å². The van der Waals surface area contributed by atoms with Gasteiger partial charge in [-0.3, -0.25) is 24.1 Å². The molecule has 1 aliphatic heterocycles. The number of imide groups is 1. The molecule has 0 aromatic heterocycles. The van der Waals surface area contributed by atoms with Crippen molar-refractivity contribution in [3.05, 3.63) is 86.9 Å². The lowest BCUT2D eigenvalue weighted by molar-refractivity contribution is -0.123. The molecule has 0 radical (unpaired) electrons. The van der Waals surface area contributed by atoms with E-state index in [2.05, 4.69) is 15.9 Å². The van der Waals surface area contributed by atoms with Crippen LogP contribution in [-0.2, 0) is 19.2 Å². The number of carboxylic acid groups (broad SMARTS) is 1. The number of nitrogens with zero attached hydrogens (tertiary/aromatic N) is 1. The predicted octanol–water partition coefficient (Wildman–Crippen LogP) is 4.07. The van der Waals surface area contributed by atoms with Crippen LogP contribution in [0.15, 0.2) is 75.8 Å². The van der Waals surface area contributed by atoms with E-state index in [-0.39, 0.29) is 57.0 Å². The molecule has 4 atom stereocenters. The summed E-state index contributed by atoms with van der Waals surface area (Å²) in [6, 6.07) is 10.4. The third-order valence-corrected chi connectivity index (χ3v) is 8.82. The van der Waals surface area contributed by atoms with Gasteiger partial charge in [-0.15, -0.1) is 0 Å². The third-order valence-electron chi connectivity index (χ3n) is 8.23. The number of carbonyl (C=O) groups is 5. The van der Waals surface area contributed by atoms with E-state index in [1.54, 1.807) is 12.1 Å². The van der Waals surface area contributed by atoms with Crippen LogP contribution in [0.2, 0.25) is 0 Å². The van der Waals surface area contributed by atoms with E-state index in [0.29, 0.717) is 16.9 Å². The van der Waals surface area contributed by atoms with Gasteiger partial charge in [-0.25, -0.2) is 4.79 Å². The minimum Gasteiger partial charge on any atom is -0.507 e. The lowest BCUT2D eigenvalue weighted by Crippen LogP contribution is -2.39. The van der Waals surface area contributed by atoms with Crippen molar-refractivity contribution in [3.8, 4) is 11.5 Å². The zero-order valence-corrected chi connectivity index (χ0v) is 22.7. The largest absolute Gasteiger partial charge is 0.507 e. The first-order valence-electron chi connectivity index (χ1n) is 12.6. The highest BCUT2D eigenvalue weighted by molar-refractivity contribution is 9.12. The molecule has 2 amide bonds. The van der Waals surface area contributed by atoms with Crippen molar-refractivity contribution in [2.24, 2.45) is 17.8 Å². The van der Waals surface area contributed by atoms with Crippen molar-refractivity contribution in [2.45, 2.75) is 18.8 Å². The zero-order valence-electron chi connectivity index (χ0n) is 21.1. The molecule has 4 aliphatic rings. The number of hydrogen-bond acceptors (Lipinski definition) is 7. The number of aromatic hydroxyl groups is 1. The van der Waals surface area contributed by atoms with Gasteiger partial charge in [0.2, 0.25) is 11.8 Å². The number of anilines is 1. The van der Waals surface area contributed by atoms with E-state index in [4.69, 9.17) is 4.74 Å². The smallest absolute Gasteiger partial charge is 0.335 e. The van der Waals surface area contributed by atoms with Gasteiger partial charge < -0.3 is 14.9 Å². The molecule has 2 aromatic rings. The number of aromatic carboxylic acids is 1. The van der Waals surface area contributed by atoms with Crippen molar-refractivity contribution in [2.75, 3.05) is 12.0 Å². The maximum absolute atomic E-state index is 13.9. The molecule has 0 bridgehead atoms. The summed E-state index contributed by atoms with van der Waals surface area (Å²) in [7, 11) is 1.46. The van der Waals surface area contributed by atoms with Gasteiger partial charge in [-0.2, -0.15) is 0 Å². The van der Waals surface area contributed by atoms with E-state index in [1.165, 1.54) is 43.5 Å². The summed E-state index contributed by atoms with van der Waals surface area (Å²) < 4.78 is 5.32. The van der Waals surface area contributed by atoms with Gasteiger partial charge in [0.1, 0.15) is 11.5 Å². The molecule has 1 fully saturated rings. The van der Waals surface area contributed by atoms with Crippen molar-refractivity contribution in [1.82, 2.24) is 0 Å². The van der Waals surface area contributed by atoms with Gasteiger partial charge >= 0.3 is 5.97 Å². The number of phenolic OH excluding ortho intramolecular Hbond substituents is 1. The second kappa shape index (κ2) is 9.41. The highest BCUT2D eigenvalue weighted by Gasteiger charge is 2.57. The summed E-state index contributed by atoms with van der Waals surface area (Å²) >= 11 is 3.19. The molecular weight excluding hydrogens is 582 g/mol. The first-order valence-corrected chi connectivity index (χ1v) is 13.4. The molecule has 3 aliphatic carbocycles. The number of halogens is 1. The molecular formula is C30H22BrNO8. The molecule has 10 heteroatoms. The molecule has 6 rings (SSSR count). The number of phenols is 1. The minimum atomic E-state index is -1.18. The van der Waals surface area contributed by atoms with Gasteiger partial charge in [0.15, 0.2) is 11.6 Å². The van der Waals surface area contributed by atoms with E-state index in [9.17, 15) is 34.2 Å². The Hall–Kier alpha value is -4.31. The Kier molecular flexibility index (Phi) is 6.10. The van der Waals surface area contributed by atoms with E-state index in [1.807, 2.05) is 6.08 Å². The zero-order chi connectivity index (χ0) is 28.5. The van der Waals surface area contributed by atoms with Crippen LogP contribution >= 0.6 is 15.9 Å². The average Bonchev–Trinajstić information content (AvgIpc) is 3.20. The van der Waals surface area contributed by atoms with E-state index in [0.717, 1.165) is 4.90 Å². The molecule has 2 N–H and O–H groups in total. The second-order valence-corrected chi connectivity index (χ2v) is 11.0. The van der Waals surface area contributed by atoms with Gasteiger partial charge in [-0.05, 0) is 59.0 Å². The highest BCUT2D eigenvalue weighted by Crippen LogP contribution is 2.56. The Balaban J connectivity index is 1.48. The van der Waals surface area contributed by atoms with Crippen molar-refractivity contribution < 1.29 is 38.9 Å². The molecule has 0 saturated carbocycles. The maximum atomic E-state index is 13.9. The highest BCUT2D eigenvalue weighted by atomic mass is 79.9. The predicted molar refractivity (Wildman–Crippen MR) is 145 cm³/mol. The fraction of sp³-hybridized carbons (Fsp3) is 0.233. The van der Waals surface area contributed by atoms with E-state index >= 15 is 0 Å². The van der Waals surface area contributed by atoms with Crippen LogP contribution in [-0.4, -0.2) is 46.7 Å².